The third-order valence-electron chi connectivity index (χ3n) is 3.30. The lowest BCUT2D eigenvalue weighted by Gasteiger charge is -2.21. The van der Waals surface area contributed by atoms with Crippen LogP contribution in [0, 0.1) is 10.1 Å². The van der Waals surface area contributed by atoms with Crippen molar-refractivity contribution in [1.29, 1.82) is 0 Å². The van der Waals surface area contributed by atoms with Gasteiger partial charge in [-0.3, -0.25) is 10.1 Å². The van der Waals surface area contributed by atoms with Gasteiger partial charge in [-0.2, -0.15) is 0 Å². The fourth-order valence-electron chi connectivity index (χ4n) is 1.81. The highest BCUT2D eigenvalue weighted by molar-refractivity contribution is 5.68. The van der Waals surface area contributed by atoms with E-state index in [1.165, 1.54) is 0 Å². The molecule has 0 fully saturated rings. The van der Waals surface area contributed by atoms with Crippen molar-refractivity contribution < 1.29 is 9.66 Å². The third kappa shape index (κ3) is 5.23. The molecule has 21 heavy (non-hydrogen) atoms. The predicted molar refractivity (Wildman–Crippen MR) is 85.1 cm³/mol. The highest BCUT2D eigenvalue weighted by Gasteiger charge is 2.20. The predicted octanol–water partition coefficient (Wildman–Crippen LogP) is 3.14. The molecule has 0 saturated heterocycles. The van der Waals surface area contributed by atoms with Gasteiger partial charge in [0.25, 0.3) is 0 Å². The summed E-state index contributed by atoms with van der Waals surface area (Å²) < 4.78 is 5.46. The van der Waals surface area contributed by atoms with E-state index in [9.17, 15) is 10.1 Å². The minimum absolute atomic E-state index is 0.0122. The molecule has 0 unspecified atom stereocenters. The van der Waals surface area contributed by atoms with Gasteiger partial charge in [-0.15, -0.1) is 0 Å². The molecule has 0 aliphatic carbocycles. The summed E-state index contributed by atoms with van der Waals surface area (Å²) in [7, 11) is 2.03. The molecule has 0 aliphatic rings. The van der Waals surface area contributed by atoms with E-state index in [4.69, 9.17) is 4.74 Å². The van der Waals surface area contributed by atoms with Crippen LogP contribution in [-0.2, 0) is 0 Å². The zero-order chi connectivity index (χ0) is 15.8. The first-order valence-corrected chi connectivity index (χ1v) is 7.31. The molecule has 1 rings (SSSR count). The standard InChI is InChI=1S/C15H25N3O3/c1-5-11-21-14-8-6-7-13(15(14)18(19)20)16-9-10-17(4)12(2)3/h6-8,12,16H,5,9-11H2,1-4H3. The smallest absolute Gasteiger partial charge is 0.333 e. The average Bonchev–Trinajstić information content (AvgIpc) is 2.44. The normalized spacial score (nSPS) is 11.0. The lowest BCUT2D eigenvalue weighted by Crippen LogP contribution is -2.31. The second kappa shape index (κ2) is 8.46. The van der Waals surface area contributed by atoms with Crippen molar-refractivity contribution in [3.05, 3.63) is 28.3 Å². The zero-order valence-corrected chi connectivity index (χ0v) is 13.3. The van der Waals surface area contributed by atoms with E-state index in [-0.39, 0.29) is 10.6 Å². The van der Waals surface area contributed by atoms with Crippen molar-refractivity contribution in [2.75, 3.05) is 32.1 Å². The van der Waals surface area contributed by atoms with Gasteiger partial charge in [0.1, 0.15) is 5.69 Å². The summed E-state index contributed by atoms with van der Waals surface area (Å²) >= 11 is 0. The Morgan fingerprint density at radius 3 is 2.71 bits per heavy atom. The Hall–Kier alpha value is -1.82. The van der Waals surface area contributed by atoms with Crippen LogP contribution in [0.5, 0.6) is 5.75 Å². The second-order valence-electron chi connectivity index (χ2n) is 5.26. The molecule has 0 saturated carbocycles. The molecule has 0 spiro atoms. The molecule has 6 nitrogen and oxygen atoms in total. The summed E-state index contributed by atoms with van der Waals surface area (Å²) in [6, 6.07) is 5.57. The van der Waals surface area contributed by atoms with Crippen molar-refractivity contribution >= 4 is 11.4 Å². The van der Waals surface area contributed by atoms with Gasteiger partial charge in [-0.05, 0) is 39.4 Å². The molecule has 1 N–H and O–H groups in total. The van der Waals surface area contributed by atoms with E-state index in [0.717, 1.165) is 13.0 Å². The van der Waals surface area contributed by atoms with Crippen LogP contribution in [0.4, 0.5) is 11.4 Å². The molecular formula is C15H25N3O3. The van der Waals surface area contributed by atoms with Crippen LogP contribution in [0.3, 0.4) is 0 Å². The van der Waals surface area contributed by atoms with Crippen molar-refractivity contribution in [3.8, 4) is 5.75 Å². The molecular weight excluding hydrogens is 270 g/mol. The van der Waals surface area contributed by atoms with Gasteiger partial charge in [-0.25, -0.2) is 0 Å². The number of para-hydroxylation sites is 1. The number of benzene rings is 1. The summed E-state index contributed by atoms with van der Waals surface area (Å²) in [5.41, 5.74) is 0.518. The van der Waals surface area contributed by atoms with Crippen LogP contribution in [0.1, 0.15) is 27.2 Å². The molecule has 0 atom stereocenters. The summed E-state index contributed by atoms with van der Waals surface area (Å²) in [5, 5.41) is 14.4. The minimum atomic E-state index is -0.389. The maximum atomic E-state index is 11.3. The number of nitro benzene ring substituents is 1. The van der Waals surface area contributed by atoms with Gasteiger partial charge in [0.15, 0.2) is 5.75 Å². The molecule has 1 aromatic rings. The van der Waals surface area contributed by atoms with Gasteiger partial charge in [-0.1, -0.05) is 13.0 Å². The van der Waals surface area contributed by atoms with E-state index in [0.29, 0.717) is 30.6 Å². The van der Waals surface area contributed by atoms with Gasteiger partial charge in [0, 0.05) is 19.1 Å². The monoisotopic (exact) mass is 295 g/mol. The number of nitrogens with one attached hydrogen (secondary N) is 1. The zero-order valence-electron chi connectivity index (χ0n) is 13.3. The van der Waals surface area contributed by atoms with E-state index >= 15 is 0 Å². The molecule has 0 aromatic heterocycles. The number of likely N-dealkylation sites (N-methyl/N-ethyl adjacent to an activating group) is 1. The lowest BCUT2D eigenvalue weighted by molar-refractivity contribution is -0.385. The molecule has 1 aromatic carbocycles. The first-order valence-electron chi connectivity index (χ1n) is 7.31. The number of rotatable bonds is 9. The van der Waals surface area contributed by atoms with Gasteiger partial charge >= 0.3 is 5.69 Å². The maximum absolute atomic E-state index is 11.3. The Morgan fingerprint density at radius 2 is 2.14 bits per heavy atom. The Morgan fingerprint density at radius 1 is 1.43 bits per heavy atom. The molecule has 0 heterocycles. The van der Waals surface area contributed by atoms with Gasteiger partial charge in [0.2, 0.25) is 0 Å². The number of hydrogen-bond donors (Lipinski definition) is 1. The van der Waals surface area contributed by atoms with Crippen LogP contribution in [0.15, 0.2) is 18.2 Å². The van der Waals surface area contributed by atoms with Gasteiger partial charge in [0.05, 0.1) is 11.5 Å². The first kappa shape index (κ1) is 17.2. The Labute approximate surface area is 126 Å². The molecule has 118 valence electrons. The maximum Gasteiger partial charge on any atom is 0.333 e. The van der Waals surface area contributed by atoms with Crippen LogP contribution in [-0.4, -0.2) is 42.6 Å². The van der Waals surface area contributed by atoms with Crippen molar-refractivity contribution in [3.63, 3.8) is 0 Å². The largest absolute Gasteiger partial charge is 0.487 e. The van der Waals surface area contributed by atoms with Crippen LogP contribution >= 0.6 is 0 Å². The Kier molecular flexibility index (Phi) is 6.94. The molecule has 6 heteroatoms. The number of nitrogens with zero attached hydrogens (tertiary/aromatic N) is 2. The summed E-state index contributed by atoms with van der Waals surface area (Å²) in [5.74, 6) is 0.323. The number of hydrogen-bond acceptors (Lipinski definition) is 5. The van der Waals surface area contributed by atoms with Gasteiger partial charge < -0.3 is 15.0 Å². The SMILES string of the molecule is CCCOc1cccc(NCCN(C)C(C)C)c1[N+](=O)[O-]. The van der Waals surface area contributed by atoms with Crippen LogP contribution < -0.4 is 10.1 Å². The van der Waals surface area contributed by atoms with Crippen LogP contribution in [0.2, 0.25) is 0 Å². The Bertz CT molecular complexity index is 463. The van der Waals surface area contributed by atoms with E-state index in [1.54, 1.807) is 18.2 Å². The van der Waals surface area contributed by atoms with E-state index < -0.39 is 0 Å². The second-order valence-corrected chi connectivity index (χ2v) is 5.26. The van der Waals surface area contributed by atoms with Crippen LogP contribution in [0.25, 0.3) is 0 Å². The summed E-state index contributed by atoms with van der Waals surface area (Å²) in [6.07, 6.45) is 0.813. The van der Waals surface area contributed by atoms with Crippen molar-refractivity contribution in [2.24, 2.45) is 0 Å². The fourth-order valence-corrected chi connectivity index (χ4v) is 1.81. The van der Waals surface area contributed by atoms with E-state index in [2.05, 4.69) is 24.1 Å². The molecule has 0 radical (unpaired) electrons. The first-order chi connectivity index (χ1) is 9.97. The highest BCUT2D eigenvalue weighted by Crippen LogP contribution is 2.34. The number of ether oxygens (including phenoxy) is 1. The molecule has 0 bridgehead atoms. The number of anilines is 1. The van der Waals surface area contributed by atoms with E-state index in [1.807, 2.05) is 14.0 Å². The number of nitro groups is 1. The third-order valence-corrected chi connectivity index (χ3v) is 3.30. The highest BCUT2D eigenvalue weighted by atomic mass is 16.6. The topological polar surface area (TPSA) is 67.6 Å². The summed E-state index contributed by atoms with van der Waals surface area (Å²) in [6.45, 7) is 8.13. The summed E-state index contributed by atoms with van der Waals surface area (Å²) in [4.78, 5) is 13.1. The van der Waals surface area contributed by atoms with Crippen molar-refractivity contribution in [1.82, 2.24) is 4.90 Å². The lowest BCUT2D eigenvalue weighted by atomic mass is 10.2. The molecule has 0 aliphatic heterocycles. The van der Waals surface area contributed by atoms with Crippen molar-refractivity contribution in [2.45, 2.75) is 33.2 Å². The average molecular weight is 295 g/mol. The quantitative estimate of drug-likeness (QED) is 0.560. The minimum Gasteiger partial charge on any atom is -0.487 e. The Balaban J connectivity index is 2.79. The fraction of sp³-hybridized carbons (Fsp3) is 0.600. The molecule has 0 amide bonds.